The molecule has 21 heavy (non-hydrogen) atoms. The largest absolute Gasteiger partial charge is 0.453 e. The molecule has 1 atom stereocenters. The molecule has 0 spiro atoms. The standard InChI is InChI=1S/C17H19ClFNO/c1-10-7-14(18)8-11(2)16(10)21-17-13(9-12(3)20)5-4-6-15(17)19/h4-8,12H,9,20H2,1-3H3. The van der Waals surface area contributed by atoms with Gasteiger partial charge in [-0.25, -0.2) is 4.39 Å². The molecule has 0 saturated heterocycles. The maximum atomic E-state index is 14.1. The summed E-state index contributed by atoms with van der Waals surface area (Å²) in [4.78, 5) is 0. The molecule has 0 aliphatic carbocycles. The fourth-order valence-corrected chi connectivity index (χ4v) is 2.66. The van der Waals surface area contributed by atoms with Gasteiger partial charge in [-0.05, 0) is 62.1 Å². The Morgan fingerprint density at radius 3 is 2.38 bits per heavy atom. The lowest BCUT2D eigenvalue weighted by Crippen LogP contribution is -2.18. The lowest BCUT2D eigenvalue weighted by Gasteiger charge is -2.17. The SMILES string of the molecule is Cc1cc(Cl)cc(C)c1Oc1c(F)cccc1CC(C)N. The molecule has 0 bridgehead atoms. The van der Waals surface area contributed by atoms with Gasteiger partial charge in [-0.3, -0.25) is 0 Å². The van der Waals surface area contributed by atoms with Crippen molar-refractivity contribution in [3.8, 4) is 11.5 Å². The maximum Gasteiger partial charge on any atom is 0.166 e. The summed E-state index contributed by atoms with van der Waals surface area (Å²) in [6.07, 6.45) is 0.554. The number of nitrogens with two attached hydrogens (primary N) is 1. The number of hydrogen-bond acceptors (Lipinski definition) is 2. The number of benzene rings is 2. The van der Waals surface area contributed by atoms with Crippen LogP contribution in [0.15, 0.2) is 30.3 Å². The van der Waals surface area contributed by atoms with E-state index < -0.39 is 0 Å². The van der Waals surface area contributed by atoms with Gasteiger partial charge in [-0.1, -0.05) is 23.7 Å². The first kappa shape index (κ1) is 15.8. The number of hydrogen-bond donors (Lipinski definition) is 1. The van der Waals surface area contributed by atoms with Crippen LogP contribution >= 0.6 is 11.6 Å². The van der Waals surface area contributed by atoms with Crippen molar-refractivity contribution in [2.45, 2.75) is 33.2 Å². The van der Waals surface area contributed by atoms with E-state index in [-0.39, 0.29) is 17.6 Å². The molecule has 0 radical (unpaired) electrons. The third kappa shape index (κ3) is 3.74. The van der Waals surface area contributed by atoms with Gasteiger partial charge in [0.05, 0.1) is 0 Å². The number of rotatable bonds is 4. The van der Waals surface area contributed by atoms with Crippen LogP contribution in [0.4, 0.5) is 4.39 Å². The van der Waals surface area contributed by atoms with Gasteiger partial charge in [0.1, 0.15) is 5.75 Å². The minimum Gasteiger partial charge on any atom is -0.453 e. The first-order valence-electron chi connectivity index (χ1n) is 6.86. The third-order valence-electron chi connectivity index (χ3n) is 3.22. The molecule has 0 aliphatic heterocycles. The van der Waals surface area contributed by atoms with E-state index in [1.54, 1.807) is 18.2 Å². The summed E-state index contributed by atoms with van der Waals surface area (Å²) in [7, 11) is 0. The molecule has 0 heterocycles. The average Bonchev–Trinajstić information content (AvgIpc) is 2.35. The molecule has 0 aromatic heterocycles. The summed E-state index contributed by atoms with van der Waals surface area (Å²) >= 11 is 6.01. The Hall–Kier alpha value is -1.58. The van der Waals surface area contributed by atoms with Crippen molar-refractivity contribution in [2.75, 3.05) is 0 Å². The number of aryl methyl sites for hydroxylation is 2. The second-order valence-electron chi connectivity index (χ2n) is 5.38. The van der Waals surface area contributed by atoms with E-state index in [0.29, 0.717) is 17.2 Å². The number of halogens is 2. The van der Waals surface area contributed by atoms with Gasteiger partial charge in [0.2, 0.25) is 0 Å². The topological polar surface area (TPSA) is 35.2 Å². The van der Waals surface area contributed by atoms with Crippen LogP contribution < -0.4 is 10.5 Å². The van der Waals surface area contributed by atoms with Crippen LogP contribution in [0.2, 0.25) is 5.02 Å². The summed E-state index contributed by atoms with van der Waals surface area (Å²) < 4.78 is 20.0. The molecule has 0 aliphatic rings. The molecule has 0 saturated carbocycles. The normalized spacial score (nSPS) is 12.3. The van der Waals surface area contributed by atoms with Crippen LogP contribution in [-0.4, -0.2) is 6.04 Å². The monoisotopic (exact) mass is 307 g/mol. The van der Waals surface area contributed by atoms with Gasteiger partial charge in [-0.2, -0.15) is 0 Å². The summed E-state index contributed by atoms with van der Waals surface area (Å²) in [5.41, 5.74) is 8.32. The van der Waals surface area contributed by atoms with Crippen molar-refractivity contribution in [2.24, 2.45) is 5.73 Å². The van der Waals surface area contributed by atoms with Crippen LogP contribution in [0.5, 0.6) is 11.5 Å². The van der Waals surface area contributed by atoms with Crippen LogP contribution in [0.25, 0.3) is 0 Å². The van der Waals surface area contributed by atoms with Gasteiger partial charge in [0.25, 0.3) is 0 Å². The Labute approximate surface area is 129 Å². The van der Waals surface area contributed by atoms with Crippen LogP contribution in [0, 0.1) is 19.7 Å². The van der Waals surface area contributed by atoms with Crippen LogP contribution in [0.3, 0.4) is 0 Å². The lowest BCUT2D eigenvalue weighted by molar-refractivity contribution is 0.429. The highest BCUT2D eigenvalue weighted by Gasteiger charge is 2.15. The Bertz CT molecular complexity index is 632. The number of ether oxygens (including phenoxy) is 1. The van der Waals surface area contributed by atoms with Gasteiger partial charge < -0.3 is 10.5 Å². The van der Waals surface area contributed by atoms with Crippen molar-refractivity contribution in [1.82, 2.24) is 0 Å². The van der Waals surface area contributed by atoms with Crippen molar-refractivity contribution in [3.63, 3.8) is 0 Å². The maximum absolute atomic E-state index is 14.1. The van der Waals surface area contributed by atoms with E-state index in [1.165, 1.54) is 6.07 Å². The highest BCUT2D eigenvalue weighted by molar-refractivity contribution is 6.30. The molecular formula is C17H19ClFNO. The smallest absolute Gasteiger partial charge is 0.166 e. The molecule has 4 heteroatoms. The number of para-hydroxylation sites is 1. The van der Waals surface area contributed by atoms with Crippen molar-refractivity contribution in [1.29, 1.82) is 0 Å². The first-order chi connectivity index (χ1) is 9.88. The first-order valence-corrected chi connectivity index (χ1v) is 7.24. The van der Waals surface area contributed by atoms with Crippen molar-refractivity contribution < 1.29 is 9.13 Å². The summed E-state index contributed by atoms with van der Waals surface area (Å²) in [6, 6.07) is 8.43. The van der Waals surface area contributed by atoms with Crippen molar-refractivity contribution in [3.05, 3.63) is 57.9 Å². The molecule has 2 aromatic rings. The second kappa shape index (κ2) is 6.46. The van der Waals surface area contributed by atoms with Gasteiger partial charge in [-0.15, -0.1) is 0 Å². The van der Waals surface area contributed by atoms with E-state index in [0.717, 1.165) is 16.7 Å². The van der Waals surface area contributed by atoms with Gasteiger partial charge >= 0.3 is 0 Å². The Balaban J connectivity index is 2.44. The Kier molecular flexibility index (Phi) is 4.86. The van der Waals surface area contributed by atoms with Crippen LogP contribution in [-0.2, 0) is 6.42 Å². The highest BCUT2D eigenvalue weighted by Crippen LogP contribution is 2.34. The van der Waals surface area contributed by atoms with Gasteiger partial charge in [0.15, 0.2) is 11.6 Å². The third-order valence-corrected chi connectivity index (χ3v) is 3.44. The van der Waals surface area contributed by atoms with E-state index in [4.69, 9.17) is 22.1 Å². The predicted molar refractivity (Wildman–Crippen MR) is 84.8 cm³/mol. The fourth-order valence-electron chi connectivity index (χ4n) is 2.34. The molecule has 112 valence electrons. The van der Waals surface area contributed by atoms with E-state index >= 15 is 0 Å². The van der Waals surface area contributed by atoms with Gasteiger partial charge in [0, 0.05) is 11.1 Å². The molecule has 0 fully saturated rings. The zero-order valence-electron chi connectivity index (χ0n) is 12.4. The Morgan fingerprint density at radius 1 is 1.19 bits per heavy atom. The summed E-state index contributed by atoms with van der Waals surface area (Å²) in [5.74, 6) is 0.487. The predicted octanol–water partition coefficient (Wildman–Crippen LogP) is 4.78. The van der Waals surface area contributed by atoms with E-state index in [9.17, 15) is 4.39 Å². The molecular weight excluding hydrogens is 289 g/mol. The minimum atomic E-state index is -0.387. The zero-order chi connectivity index (χ0) is 15.6. The van der Waals surface area contributed by atoms with E-state index in [1.807, 2.05) is 26.8 Å². The molecule has 0 amide bonds. The van der Waals surface area contributed by atoms with Crippen molar-refractivity contribution >= 4 is 11.6 Å². The van der Waals surface area contributed by atoms with Crippen LogP contribution in [0.1, 0.15) is 23.6 Å². The summed E-state index contributed by atoms with van der Waals surface area (Å²) in [6.45, 7) is 5.66. The molecule has 2 nitrogen and oxygen atoms in total. The molecule has 2 aromatic carbocycles. The lowest BCUT2D eigenvalue weighted by atomic mass is 10.1. The molecule has 2 rings (SSSR count). The highest BCUT2D eigenvalue weighted by atomic mass is 35.5. The zero-order valence-corrected chi connectivity index (χ0v) is 13.2. The summed E-state index contributed by atoms with van der Waals surface area (Å²) in [5, 5.41) is 0.640. The Morgan fingerprint density at radius 2 is 1.81 bits per heavy atom. The average molecular weight is 308 g/mol. The molecule has 1 unspecified atom stereocenters. The fraction of sp³-hybridized carbons (Fsp3) is 0.294. The quantitative estimate of drug-likeness (QED) is 0.882. The minimum absolute atomic E-state index is 0.0680. The molecule has 2 N–H and O–H groups in total. The second-order valence-corrected chi connectivity index (χ2v) is 5.82. The van der Waals surface area contributed by atoms with E-state index in [2.05, 4.69) is 0 Å².